The molecule has 1 fully saturated rings. The van der Waals surface area contributed by atoms with Crippen LogP contribution in [0.3, 0.4) is 0 Å². The lowest BCUT2D eigenvalue weighted by Gasteiger charge is -2.22. The lowest BCUT2D eigenvalue weighted by atomic mass is 10.1. The predicted octanol–water partition coefficient (Wildman–Crippen LogP) is 2.07. The molecule has 1 saturated heterocycles. The van der Waals surface area contributed by atoms with Gasteiger partial charge in [-0.05, 0) is 31.9 Å². The summed E-state index contributed by atoms with van der Waals surface area (Å²) in [5.74, 6) is 0.154. The van der Waals surface area contributed by atoms with Crippen LogP contribution in [0.4, 0.5) is 0 Å². The molecule has 1 aliphatic heterocycles. The summed E-state index contributed by atoms with van der Waals surface area (Å²) >= 11 is 0. The molecule has 0 aliphatic carbocycles. The van der Waals surface area contributed by atoms with Crippen LogP contribution in [0.5, 0.6) is 0 Å². The minimum absolute atomic E-state index is 0.154. The minimum atomic E-state index is 0.154. The average molecular weight is 204 g/mol. The number of amides is 1. The lowest BCUT2D eigenvalue weighted by molar-refractivity contribution is -0.129. The molecule has 3 heteroatoms. The topological polar surface area (TPSA) is 33.2 Å². The molecule has 1 atom stereocenters. The van der Waals surface area contributed by atoms with Crippen molar-refractivity contribution < 1.29 is 4.79 Å². The number of likely N-dealkylation sites (tertiary alicyclic amines) is 1. The molecular formula is C12H16N2O. The van der Waals surface area contributed by atoms with Crippen molar-refractivity contribution >= 4 is 5.91 Å². The highest BCUT2D eigenvalue weighted by molar-refractivity contribution is 5.74. The third-order valence-electron chi connectivity index (χ3n) is 2.91. The summed E-state index contributed by atoms with van der Waals surface area (Å²) in [7, 11) is 0. The highest BCUT2D eigenvalue weighted by Crippen LogP contribution is 2.30. The zero-order valence-corrected chi connectivity index (χ0v) is 9.23. The van der Waals surface area contributed by atoms with Gasteiger partial charge >= 0.3 is 0 Å². The van der Waals surface area contributed by atoms with Gasteiger partial charge in [-0.3, -0.25) is 9.78 Å². The van der Waals surface area contributed by atoms with Gasteiger partial charge in [-0.1, -0.05) is 6.07 Å². The molecule has 1 aliphatic rings. The monoisotopic (exact) mass is 204 g/mol. The van der Waals surface area contributed by atoms with Gasteiger partial charge in [0.1, 0.15) is 0 Å². The first kappa shape index (κ1) is 10.1. The zero-order valence-electron chi connectivity index (χ0n) is 9.23. The normalized spacial score (nSPS) is 20.7. The molecule has 3 nitrogen and oxygen atoms in total. The molecule has 1 aromatic heterocycles. The first-order valence-corrected chi connectivity index (χ1v) is 5.39. The summed E-state index contributed by atoms with van der Waals surface area (Å²) in [5.41, 5.74) is 2.05. The van der Waals surface area contributed by atoms with E-state index in [1.165, 1.54) is 0 Å². The van der Waals surface area contributed by atoms with Crippen LogP contribution in [0.25, 0.3) is 0 Å². The Labute approximate surface area is 90.1 Å². The second-order valence-corrected chi connectivity index (χ2v) is 4.07. The van der Waals surface area contributed by atoms with Crippen molar-refractivity contribution in [3.05, 3.63) is 29.6 Å². The Morgan fingerprint density at radius 2 is 2.33 bits per heavy atom. The molecule has 2 rings (SSSR count). The quantitative estimate of drug-likeness (QED) is 0.701. The molecule has 0 saturated carbocycles. The van der Waals surface area contributed by atoms with Crippen molar-refractivity contribution in [3.63, 3.8) is 0 Å². The molecule has 0 bridgehead atoms. The van der Waals surface area contributed by atoms with Gasteiger partial charge in [0.2, 0.25) is 5.91 Å². The van der Waals surface area contributed by atoms with E-state index in [2.05, 4.69) is 4.98 Å². The van der Waals surface area contributed by atoms with Gasteiger partial charge in [0.15, 0.2) is 0 Å². The molecule has 1 amide bonds. The van der Waals surface area contributed by atoms with E-state index in [9.17, 15) is 4.79 Å². The van der Waals surface area contributed by atoms with Crippen LogP contribution in [0.15, 0.2) is 18.2 Å². The second-order valence-electron chi connectivity index (χ2n) is 4.07. The first-order chi connectivity index (χ1) is 7.18. The SMILES string of the molecule is CC(=O)N1CCC[C@H]1c1cccc(C)n1. The molecular weight excluding hydrogens is 188 g/mol. The number of hydrogen-bond acceptors (Lipinski definition) is 2. The van der Waals surface area contributed by atoms with E-state index in [1.54, 1.807) is 6.92 Å². The number of pyridine rings is 1. The van der Waals surface area contributed by atoms with Crippen LogP contribution in [0.1, 0.15) is 37.2 Å². The molecule has 0 spiro atoms. The maximum Gasteiger partial charge on any atom is 0.220 e. The molecule has 0 radical (unpaired) electrons. The fourth-order valence-corrected chi connectivity index (χ4v) is 2.20. The molecule has 2 heterocycles. The minimum Gasteiger partial charge on any atom is -0.334 e. The van der Waals surface area contributed by atoms with Gasteiger partial charge in [-0.25, -0.2) is 0 Å². The number of aromatic nitrogens is 1. The molecule has 0 unspecified atom stereocenters. The maximum atomic E-state index is 11.4. The first-order valence-electron chi connectivity index (χ1n) is 5.39. The molecule has 1 aromatic rings. The van der Waals surface area contributed by atoms with Gasteiger partial charge in [-0.15, -0.1) is 0 Å². The molecule has 80 valence electrons. The number of rotatable bonds is 1. The van der Waals surface area contributed by atoms with Crippen molar-refractivity contribution in [1.29, 1.82) is 0 Å². The van der Waals surface area contributed by atoms with Crippen LogP contribution in [0, 0.1) is 6.92 Å². The van der Waals surface area contributed by atoms with Crippen molar-refractivity contribution in [2.45, 2.75) is 32.7 Å². The number of carbonyl (C=O) groups is 1. The van der Waals surface area contributed by atoms with Crippen molar-refractivity contribution in [1.82, 2.24) is 9.88 Å². The average Bonchev–Trinajstić information content (AvgIpc) is 2.65. The van der Waals surface area contributed by atoms with Crippen LogP contribution < -0.4 is 0 Å². The Morgan fingerprint density at radius 1 is 1.53 bits per heavy atom. The zero-order chi connectivity index (χ0) is 10.8. The van der Waals surface area contributed by atoms with E-state index in [4.69, 9.17) is 0 Å². The lowest BCUT2D eigenvalue weighted by Crippen LogP contribution is -2.28. The standard InChI is InChI=1S/C12H16N2O/c1-9-5-3-6-11(13-9)12-7-4-8-14(12)10(2)15/h3,5-6,12H,4,7-8H2,1-2H3/t12-/m0/s1. The number of nitrogens with zero attached hydrogens (tertiary/aromatic N) is 2. The third-order valence-corrected chi connectivity index (χ3v) is 2.91. The van der Waals surface area contributed by atoms with Crippen LogP contribution in [-0.4, -0.2) is 22.3 Å². The summed E-state index contributed by atoms with van der Waals surface area (Å²) in [6.45, 7) is 4.49. The van der Waals surface area contributed by atoms with Gasteiger partial charge in [0.25, 0.3) is 0 Å². The van der Waals surface area contributed by atoms with E-state index in [-0.39, 0.29) is 11.9 Å². The predicted molar refractivity (Wildman–Crippen MR) is 58.3 cm³/mol. The van der Waals surface area contributed by atoms with E-state index in [0.29, 0.717) is 0 Å². The van der Waals surface area contributed by atoms with Crippen LogP contribution >= 0.6 is 0 Å². The van der Waals surface area contributed by atoms with E-state index >= 15 is 0 Å². The number of aryl methyl sites for hydroxylation is 1. The number of hydrogen-bond donors (Lipinski definition) is 0. The second kappa shape index (κ2) is 4.01. The highest BCUT2D eigenvalue weighted by atomic mass is 16.2. The summed E-state index contributed by atoms with van der Waals surface area (Å²) < 4.78 is 0. The van der Waals surface area contributed by atoms with Crippen molar-refractivity contribution in [2.24, 2.45) is 0 Å². The summed E-state index contributed by atoms with van der Waals surface area (Å²) in [6.07, 6.45) is 2.12. The van der Waals surface area contributed by atoms with Crippen molar-refractivity contribution in [2.75, 3.05) is 6.54 Å². The maximum absolute atomic E-state index is 11.4. The van der Waals surface area contributed by atoms with Crippen LogP contribution in [0.2, 0.25) is 0 Å². The summed E-state index contributed by atoms with van der Waals surface area (Å²) in [6, 6.07) is 6.20. The Hall–Kier alpha value is -1.38. The Morgan fingerprint density at radius 3 is 3.00 bits per heavy atom. The number of carbonyl (C=O) groups excluding carboxylic acids is 1. The molecule has 15 heavy (non-hydrogen) atoms. The van der Waals surface area contributed by atoms with E-state index < -0.39 is 0 Å². The van der Waals surface area contributed by atoms with Gasteiger partial charge < -0.3 is 4.90 Å². The Bertz CT molecular complexity index is 376. The van der Waals surface area contributed by atoms with Gasteiger partial charge in [0.05, 0.1) is 11.7 Å². The Balaban J connectivity index is 2.26. The van der Waals surface area contributed by atoms with Gasteiger partial charge in [0, 0.05) is 19.2 Å². The molecule has 0 aromatic carbocycles. The van der Waals surface area contributed by atoms with E-state index in [0.717, 1.165) is 30.8 Å². The van der Waals surface area contributed by atoms with Gasteiger partial charge in [-0.2, -0.15) is 0 Å². The Kier molecular flexibility index (Phi) is 2.71. The van der Waals surface area contributed by atoms with Crippen LogP contribution in [-0.2, 0) is 4.79 Å². The highest BCUT2D eigenvalue weighted by Gasteiger charge is 2.28. The molecule has 0 N–H and O–H groups in total. The smallest absolute Gasteiger partial charge is 0.220 e. The van der Waals surface area contributed by atoms with Crippen molar-refractivity contribution in [3.8, 4) is 0 Å². The summed E-state index contributed by atoms with van der Waals surface area (Å²) in [5, 5.41) is 0. The third kappa shape index (κ3) is 2.01. The fraction of sp³-hybridized carbons (Fsp3) is 0.500. The largest absolute Gasteiger partial charge is 0.334 e. The van der Waals surface area contributed by atoms with E-state index in [1.807, 2.05) is 30.0 Å². The summed E-state index contributed by atoms with van der Waals surface area (Å²) in [4.78, 5) is 17.8. The fourth-order valence-electron chi connectivity index (χ4n) is 2.20.